The van der Waals surface area contributed by atoms with Crippen molar-refractivity contribution < 1.29 is 4.43 Å². The molecule has 0 radical (unpaired) electrons. The van der Waals surface area contributed by atoms with Crippen LogP contribution in [0.2, 0.25) is 5.04 Å². The van der Waals surface area contributed by atoms with E-state index in [9.17, 15) is 0 Å². The summed E-state index contributed by atoms with van der Waals surface area (Å²) in [6, 6.07) is 21.9. The van der Waals surface area contributed by atoms with Crippen molar-refractivity contribution in [1.29, 1.82) is 0 Å². The summed E-state index contributed by atoms with van der Waals surface area (Å²) in [5.74, 6) is 1.22. The zero-order valence-electron chi connectivity index (χ0n) is 18.9. The van der Waals surface area contributed by atoms with Crippen LogP contribution in [0, 0.1) is 11.8 Å². The van der Waals surface area contributed by atoms with Gasteiger partial charge in [-0.05, 0) is 51.1 Å². The maximum Gasteiger partial charge on any atom is 0.261 e. The van der Waals surface area contributed by atoms with Crippen molar-refractivity contribution in [3.05, 3.63) is 70.3 Å². The van der Waals surface area contributed by atoms with E-state index in [-0.39, 0.29) is 5.04 Å². The number of rotatable bonds is 9. The standard InChI is InChI=1S/C26H37IOSi/c1-21(17-22(2)19-27)18-23(3)20-28-29(26(4,5)6,24-13-9-7-10-14-24)25-15-11-8-12-16-25/h7-16,19,21,23H,17-18,20H2,1-6H3/b22-19+/t21-,23-/m0/s1. The van der Waals surface area contributed by atoms with E-state index in [1.165, 1.54) is 28.8 Å². The Labute approximate surface area is 193 Å². The minimum absolute atomic E-state index is 0.0432. The first kappa shape index (κ1) is 24.4. The predicted octanol–water partition coefficient (Wildman–Crippen LogP) is 6.95. The monoisotopic (exact) mass is 520 g/mol. The molecule has 0 N–H and O–H groups in total. The van der Waals surface area contributed by atoms with Crippen LogP contribution in [0.3, 0.4) is 0 Å². The molecule has 2 aromatic rings. The summed E-state index contributed by atoms with van der Waals surface area (Å²) in [5.41, 5.74) is 1.47. The Bertz CT molecular complexity index is 725. The van der Waals surface area contributed by atoms with Crippen LogP contribution in [0.25, 0.3) is 0 Å². The van der Waals surface area contributed by atoms with Gasteiger partial charge in [-0.1, -0.05) is 123 Å². The molecule has 0 aromatic heterocycles. The minimum Gasteiger partial charge on any atom is -0.407 e. The first-order valence-electron chi connectivity index (χ1n) is 10.7. The first-order valence-corrected chi connectivity index (χ1v) is 13.9. The van der Waals surface area contributed by atoms with E-state index >= 15 is 0 Å². The number of hydrogen-bond donors (Lipinski definition) is 0. The van der Waals surface area contributed by atoms with E-state index in [1.807, 2.05) is 0 Å². The third kappa shape index (κ3) is 6.28. The molecule has 0 heterocycles. The highest BCUT2D eigenvalue weighted by Crippen LogP contribution is 2.37. The molecule has 0 saturated carbocycles. The molecule has 29 heavy (non-hydrogen) atoms. The summed E-state index contributed by atoms with van der Waals surface area (Å²) >= 11 is 2.35. The fraction of sp³-hybridized carbons (Fsp3) is 0.462. The van der Waals surface area contributed by atoms with Crippen LogP contribution in [0.1, 0.15) is 54.4 Å². The predicted molar refractivity (Wildman–Crippen MR) is 139 cm³/mol. The number of allylic oxidation sites excluding steroid dienone is 1. The van der Waals surface area contributed by atoms with Crippen molar-refractivity contribution in [2.24, 2.45) is 11.8 Å². The van der Waals surface area contributed by atoms with Gasteiger partial charge in [0.2, 0.25) is 0 Å². The van der Waals surface area contributed by atoms with Crippen LogP contribution < -0.4 is 10.4 Å². The highest BCUT2D eigenvalue weighted by Gasteiger charge is 2.50. The van der Waals surface area contributed by atoms with Crippen LogP contribution in [0.4, 0.5) is 0 Å². The van der Waals surface area contributed by atoms with E-state index in [2.05, 4.69) is 129 Å². The van der Waals surface area contributed by atoms with Crippen LogP contribution >= 0.6 is 22.6 Å². The fourth-order valence-electron chi connectivity index (χ4n) is 4.46. The summed E-state index contributed by atoms with van der Waals surface area (Å²) in [5, 5.41) is 2.77. The van der Waals surface area contributed by atoms with Crippen molar-refractivity contribution in [1.82, 2.24) is 0 Å². The normalized spacial score (nSPS) is 15.2. The average molecular weight is 521 g/mol. The van der Waals surface area contributed by atoms with E-state index in [1.54, 1.807) is 0 Å². The lowest BCUT2D eigenvalue weighted by molar-refractivity contribution is 0.223. The van der Waals surface area contributed by atoms with Gasteiger partial charge in [0.1, 0.15) is 0 Å². The van der Waals surface area contributed by atoms with Crippen molar-refractivity contribution in [2.75, 3.05) is 6.61 Å². The Balaban J connectivity index is 2.32. The first-order chi connectivity index (χ1) is 13.7. The molecule has 0 aliphatic carbocycles. The maximum atomic E-state index is 7.08. The van der Waals surface area contributed by atoms with E-state index < -0.39 is 8.32 Å². The number of halogens is 1. The molecular weight excluding hydrogens is 483 g/mol. The molecular formula is C26H37IOSi. The molecule has 0 saturated heterocycles. The molecule has 0 aliphatic rings. The molecule has 2 aromatic carbocycles. The Morgan fingerprint density at radius 2 is 1.41 bits per heavy atom. The molecule has 3 heteroatoms. The SMILES string of the molecule is C/C(=C\I)C[C@H](C)C[C@H](C)CO[Si](c1ccccc1)(c1ccccc1)C(C)(C)C. The average Bonchev–Trinajstić information content (AvgIpc) is 2.68. The summed E-state index contributed by atoms with van der Waals surface area (Å²) in [6.45, 7) is 14.8. The summed E-state index contributed by atoms with van der Waals surface area (Å²) in [6.07, 6.45) is 2.37. The highest BCUT2D eigenvalue weighted by molar-refractivity contribution is 14.1. The van der Waals surface area contributed by atoms with Crippen molar-refractivity contribution in [3.8, 4) is 0 Å². The second-order valence-electron chi connectivity index (χ2n) is 9.58. The number of hydrogen-bond acceptors (Lipinski definition) is 1. The Hall–Kier alpha value is -0.913. The smallest absolute Gasteiger partial charge is 0.261 e. The molecule has 2 rings (SSSR count). The van der Waals surface area contributed by atoms with Crippen molar-refractivity contribution >= 4 is 41.3 Å². The van der Waals surface area contributed by atoms with Gasteiger partial charge in [0.15, 0.2) is 0 Å². The Morgan fingerprint density at radius 3 is 1.83 bits per heavy atom. The second kappa shape index (κ2) is 10.9. The van der Waals surface area contributed by atoms with Gasteiger partial charge in [-0.3, -0.25) is 0 Å². The quantitative estimate of drug-likeness (QED) is 0.257. The lowest BCUT2D eigenvalue weighted by atomic mass is 9.93. The van der Waals surface area contributed by atoms with Gasteiger partial charge >= 0.3 is 0 Å². The summed E-state index contributed by atoms with van der Waals surface area (Å²) < 4.78 is 9.29. The molecule has 0 unspecified atom stereocenters. The van der Waals surface area contributed by atoms with Gasteiger partial charge in [0, 0.05) is 6.61 Å². The highest BCUT2D eigenvalue weighted by atomic mass is 127. The molecule has 0 bridgehead atoms. The largest absolute Gasteiger partial charge is 0.407 e. The van der Waals surface area contributed by atoms with Gasteiger partial charge < -0.3 is 4.43 Å². The molecule has 2 atom stereocenters. The fourth-order valence-corrected chi connectivity index (χ4v) is 9.41. The summed E-state index contributed by atoms with van der Waals surface area (Å²) in [4.78, 5) is 0. The van der Waals surface area contributed by atoms with Crippen LogP contribution in [0.15, 0.2) is 70.3 Å². The molecule has 1 nitrogen and oxygen atoms in total. The van der Waals surface area contributed by atoms with Gasteiger partial charge in [-0.25, -0.2) is 0 Å². The molecule has 0 spiro atoms. The van der Waals surface area contributed by atoms with Gasteiger partial charge in [0.25, 0.3) is 8.32 Å². The minimum atomic E-state index is -2.41. The third-order valence-electron chi connectivity index (χ3n) is 5.66. The topological polar surface area (TPSA) is 9.23 Å². The van der Waals surface area contributed by atoms with E-state index in [4.69, 9.17) is 4.43 Å². The molecule has 0 amide bonds. The van der Waals surface area contributed by atoms with Crippen molar-refractivity contribution in [3.63, 3.8) is 0 Å². The molecule has 0 aliphatic heterocycles. The van der Waals surface area contributed by atoms with Crippen molar-refractivity contribution in [2.45, 2.75) is 59.4 Å². The lowest BCUT2D eigenvalue weighted by Crippen LogP contribution is -2.66. The van der Waals surface area contributed by atoms with Crippen LogP contribution in [0.5, 0.6) is 0 Å². The molecule has 0 fully saturated rings. The van der Waals surface area contributed by atoms with Gasteiger partial charge in [0.05, 0.1) is 0 Å². The van der Waals surface area contributed by atoms with Crippen LogP contribution in [-0.4, -0.2) is 14.9 Å². The molecule has 158 valence electrons. The van der Waals surface area contributed by atoms with Gasteiger partial charge in [-0.15, -0.1) is 0 Å². The van der Waals surface area contributed by atoms with E-state index in [0.29, 0.717) is 11.8 Å². The van der Waals surface area contributed by atoms with Crippen LogP contribution in [-0.2, 0) is 4.43 Å². The Kier molecular flexibility index (Phi) is 9.17. The lowest BCUT2D eigenvalue weighted by Gasteiger charge is -2.43. The zero-order chi connectivity index (χ0) is 21.5. The maximum absolute atomic E-state index is 7.08. The second-order valence-corrected chi connectivity index (χ2v) is 14.5. The third-order valence-corrected chi connectivity index (χ3v) is 11.7. The summed E-state index contributed by atoms with van der Waals surface area (Å²) in [7, 11) is -2.41. The van der Waals surface area contributed by atoms with E-state index in [0.717, 1.165) is 6.61 Å². The Morgan fingerprint density at radius 1 is 0.931 bits per heavy atom. The number of benzene rings is 2. The zero-order valence-corrected chi connectivity index (χ0v) is 22.1. The van der Waals surface area contributed by atoms with Gasteiger partial charge in [-0.2, -0.15) is 0 Å².